The largest absolute Gasteiger partial charge is 0.278 e. The number of nitrogens with one attached hydrogen (secondary N) is 1. The van der Waals surface area contributed by atoms with E-state index in [0.717, 1.165) is 18.3 Å². The zero-order valence-electron chi connectivity index (χ0n) is 11.6. The zero-order chi connectivity index (χ0) is 16.8. The van der Waals surface area contributed by atoms with E-state index < -0.39 is 16.6 Å². The van der Waals surface area contributed by atoms with Gasteiger partial charge in [0.25, 0.3) is 11.6 Å². The van der Waals surface area contributed by atoms with E-state index in [1.54, 1.807) is 12.1 Å². The third-order valence-electron chi connectivity index (χ3n) is 2.85. The van der Waals surface area contributed by atoms with Crippen molar-refractivity contribution in [2.75, 3.05) is 0 Å². The highest BCUT2D eigenvalue weighted by atomic mass is 19.1. The van der Waals surface area contributed by atoms with Crippen molar-refractivity contribution in [1.29, 1.82) is 5.26 Å². The first-order chi connectivity index (χ1) is 11.0. The Morgan fingerprint density at radius 3 is 2.74 bits per heavy atom. The van der Waals surface area contributed by atoms with E-state index in [2.05, 4.69) is 10.5 Å². The average Bonchev–Trinajstić information content (AvgIpc) is 2.54. The van der Waals surface area contributed by atoms with Crippen LogP contribution < -0.4 is 5.43 Å². The number of hydrogen-bond acceptors (Lipinski definition) is 5. The Hall–Kier alpha value is -3.60. The molecule has 1 N–H and O–H groups in total. The second-order valence-corrected chi connectivity index (χ2v) is 4.32. The van der Waals surface area contributed by atoms with Gasteiger partial charge >= 0.3 is 0 Å². The van der Waals surface area contributed by atoms with E-state index in [9.17, 15) is 19.3 Å². The van der Waals surface area contributed by atoms with Crippen molar-refractivity contribution in [3.63, 3.8) is 0 Å². The number of benzene rings is 2. The van der Waals surface area contributed by atoms with Crippen molar-refractivity contribution >= 4 is 17.8 Å². The predicted octanol–water partition coefficient (Wildman–Crippen LogP) is 2.37. The molecule has 114 valence electrons. The number of hydrogen-bond donors (Lipinski definition) is 1. The molecule has 0 unspecified atom stereocenters. The van der Waals surface area contributed by atoms with Gasteiger partial charge in [0.1, 0.15) is 5.82 Å². The van der Waals surface area contributed by atoms with E-state index >= 15 is 0 Å². The van der Waals surface area contributed by atoms with Gasteiger partial charge < -0.3 is 0 Å². The molecule has 7 nitrogen and oxygen atoms in total. The predicted molar refractivity (Wildman–Crippen MR) is 79.3 cm³/mol. The van der Waals surface area contributed by atoms with E-state index in [0.29, 0.717) is 0 Å². The van der Waals surface area contributed by atoms with E-state index in [1.807, 2.05) is 0 Å². The summed E-state index contributed by atoms with van der Waals surface area (Å²) in [5, 5.41) is 23.0. The lowest BCUT2D eigenvalue weighted by atomic mass is 10.1. The minimum atomic E-state index is -0.859. The summed E-state index contributed by atoms with van der Waals surface area (Å²) in [7, 11) is 0. The molecule has 0 fully saturated rings. The van der Waals surface area contributed by atoms with Crippen LogP contribution in [0.25, 0.3) is 0 Å². The normalized spacial score (nSPS) is 10.3. The molecule has 0 aliphatic heterocycles. The molecular formula is C15H9FN4O3. The third kappa shape index (κ3) is 3.74. The number of carbonyl (C=O) groups excluding carboxylic acids is 1. The standard InChI is InChI=1S/C15H9FN4O3/c16-13-7-10(8-17)5-6-12(13)15(21)19-18-9-11-3-1-2-4-14(11)20(22)23/h1-7,9H,(H,19,21)/b18-9-. The number of nitro benzene ring substituents is 1. The molecule has 0 saturated heterocycles. The van der Waals surface area contributed by atoms with Crippen molar-refractivity contribution in [2.24, 2.45) is 5.10 Å². The van der Waals surface area contributed by atoms with Crippen LogP contribution in [0.4, 0.5) is 10.1 Å². The van der Waals surface area contributed by atoms with Crippen molar-refractivity contribution in [3.8, 4) is 6.07 Å². The molecular weight excluding hydrogens is 303 g/mol. The minimum Gasteiger partial charge on any atom is -0.267 e. The molecule has 0 bridgehead atoms. The summed E-state index contributed by atoms with van der Waals surface area (Å²) in [6.45, 7) is 0. The summed E-state index contributed by atoms with van der Waals surface area (Å²) >= 11 is 0. The van der Waals surface area contributed by atoms with Crippen LogP contribution in [0.1, 0.15) is 21.5 Å². The Balaban J connectivity index is 2.14. The van der Waals surface area contributed by atoms with Gasteiger partial charge in [-0.3, -0.25) is 14.9 Å². The maximum Gasteiger partial charge on any atom is 0.278 e. The first-order valence-electron chi connectivity index (χ1n) is 6.29. The molecule has 0 saturated carbocycles. The third-order valence-corrected chi connectivity index (χ3v) is 2.85. The summed E-state index contributed by atoms with van der Waals surface area (Å²) in [5.41, 5.74) is 1.90. The Morgan fingerprint density at radius 2 is 2.09 bits per heavy atom. The first kappa shape index (κ1) is 15.8. The highest BCUT2D eigenvalue weighted by molar-refractivity contribution is 5.95. The molecule has 1 amide bonds. The number of nitro groups is 1. The van der Waals surface area contributed by atoms with Gasteiger partial charge in [0, 0.05) is 6.07 Å². The summed E-state index contributed by atoms with van der Waals surface area (Å²) < 4.78 is 13.7. The van der Waals surface area contributed by atoms with Crippen molar-refractivity contribution in [3.05, 3.63) is 75.1 Å². The maximum atomic E-state index is 13.7. The van der Waals surface area contributed by atoms with E-state index in [1.165, 1.54) is 24.3 Å². The maximum absolute atomic E-state index is 13.7. The second kappa shape index (κ2) is 6.91. The van der Waals surface area contributed by atoms with Gasteiger partial charge in [-0.15, -0.1) is 0 Å². The van der Waals surface area contributed by atoms with Crippen LogP contribution in [0.5, 0.6) is 0 Å². The molecule has 0 radical (unpaired) electrons. The Bertz CT molecular complexity index is 843. The number of halogens is 1. The highest BCUT2D eigenvalue weighted by Gasteiger charge is 2.12. The quantitative estimate of drug-likeness (QED) is 0.531. The second-order valence-electron chi connectivity index (χ2n) is 4.32. The fourth-order valence-electron chi connectivity index (χ4n) is 1.75. The number of hydrazone groups is 1. The molecule has 0 heterocycles. The molecule has 8 heteroatoms. The molecule has 0 aliphatic rings. The summed E-state index contributed by atoms with van der Waals surface area (Å²) in [6.07, 6.45) is 1.09. The van der Waals surface area contributed by atoms with Crippen LogP contribution in [0.15, 0.2) is 47.6 Å². The van der Waals surface area contributed by atoms with Gasteiger partial charge in [0.15, 0.2) is 0 Å². The van der Waals surface area contributed by atoms with E-state index in [4.69, 9.17) is 5.26 Å². The van der Waals surface area contributed by atoms with E-state index in [-0.39, 0.29) is 22.4 Å². The molecule has 0 aromatic heterocycles. The summed E-state index contributed by atoms with van der Waals surface area (Å²) in [4.78, 5) is 22.0. The molecule has 0 aliphatic carbocycles. The molecule has 2 rings (SSSR count). The van der Waals surface area contributed by atoms with Crippen LogP contribution in [0, 0.1) is 27.3 Å². The topological polar surface area (TPSA) is 108 Å². The van der Waals surface area contributed by atoms with Crippen molar-refractivity contribution in [1.82, 2.24) is 5.43 Å². The van der Waals surface area contributed by atoms with Crippen LogP contribution in [0.2, 0.25) is 0 Å². The van der Waals surface area contributed by atoms with Gasteiger partial charge in [-0.2, -0.15) is 10.4 Å². The van der Waals surface area contributed by atoms with Crippen LogP contribution in [0.3, 0.4) is 0 Å². The lowest BCUT2D eigenvalue weighted by Gasteiger charge is -2.02. The number of carbonyl (C=O) groups is 1. The van der Waals surface area contributed by atoms with Gasteiger partial charge in [-0.1, -0.05) is 12.1 Å². The number of para-hydroxylation sites is 1. The Kier molecular flexibility index (Phi) is 4.74. The Labute approximate surface area is 129 Å². The SMILES string of the molecule is N#Cc1ccc(C(=O)N/N=C\c2ccccc2[N+](=O)[O-])c(F)c1. The molecule has 2 aromatic rings. The van der Waals surface area contributed by atoms with Crippen LogP contribution >= 0.6 is 0 Å². The Morgan fingerprint density at radius 1 is 1.35 bits per heavy atom. The monoisotopic (exact) mass is 312 g/mol. The fourth-order valence-corrected chi connectivity index (χ4v) is 1.75. The first-order valence-corrected chi connectivity index (χ1v) is 6.29. The fraction of sp³-hybridized carbons (Fsp3) is 0. The number of rotatable bonds is 4. The van der Waals surface area contributed by atoms with Gasteiger partial charge in [0.05, 0.1) is 33.9 Å². The lowest BCUT2D eigenvalue weighted by Crippen LogP contribution is -2.19. The van der Waals surface area contributed by atoms with Gasteiger partial charge in [0.2, 0.25) is 0 Å². The van der Waals surface area contributed by atoms with Gasteiger partial charge in [-0.05, 0) is 24.3 Å². The molecule has 0 atom stereocenters. The summed E-state index contributed by atoms with van der Waals surface area (Å²) in [5.74, 6) is -1.69. The van der Waals surface area contributed by atoms with Crippen LogP contribution in [-0.2, 0) is 0 Å². The minimum absolute atomic E-state index is 0.0856. The van der Waals surface area contributed by atoms with Crippen LogP contribution in [-0.4, -0.2) is 17.0 Å². The number of nitriles is 1. The average molecular weight is 312 g/mol. The molecule has 0 spiro atoms. The highest BCUT2D eigenvalue weighted by Crippen LogP contribution is 2.15. The van der Waals surface area contributed by atoms with Gasteiger partial charge in [-0.25, -0.2) is 9.82 Å². The summed E-state index contributed by atoms with van der Waals surface area (Å²) in [6, 6.07) is 11.0. The number of amides is 1. The number of nitrogens with zero attached hydrogens (tertiary/aromatic N) is 3. The smallest absolute Gasteiger partial charge is 0.267 e. The zero-order valence-corrected chi connectivity index (χ0v) is 11.6. The lowest BCUT2D eigenvalue weighted by molar-refractivity contribution is -0.385. The molecule has 23 heavy (non-hydrogen) atoms. The van der Waals surface area contributed by atoms with Crippen molar-refractivity contribution < 1.29 is 14.1 Å². The van der Waals surface area contributed by atoms with Crippen molar-refractivity contribution in [2.45, 2.75) is 0 Å². The molecule has 2 aromatic carbocycles.